The van der Waals surface area contributed by atoms with Crippen molar-refractivity contribution in [2.24, 2.45) is 0 Å². The van der Waals surface area contributed by atoms with Crippen LogP contribution in [-0.4, -0.2) is 216 Å². The van der Waals surface area contributed by atoms with Gasteiger partial charge in [-0.05, 0) is 280 Å². The molecule has 3 aromatic rings. The molecule has 0 amide bonds. The molecule has 122 heavy (non-hydrogen) atoms. The summed E-state index contributed by atoms with van der Waals surface area (Å²) in [6.45, 7) is 77.6. The van der Waals surface area contributed by atoms with Crippen LogP contribution in [0.4, 0.5) is 53.5 Å². The predicted octanol–water partition coefficient (Wildman–Crippen LogP) is 20.6. The zero-order valence-corrected chi connectivity index (χ0v) is 84.5. The maximum atomic E-state index is 6.10. The monoisotopic (exact) mass is 1700 g/mol. The van der Waals surface area contributed by atoms with E-state index in [2.05, 4.69) is 272 Å². The van der Waals surface area contributed by atoms with E-state index < -0.39 is 0 Å². The molecule has 23 nitrogen and oxygen atoms in total. The molecule has 700 valence electrons. The first-order chi connectivity index (χ1) is 57.3. The number of anilines is 9. The van der Waals surface area contributed by atoms with Gasteiger partial charge in [-0.1, -0.05) is 132 Å². The molecule has 5 aliphatic heterocycles. The fourth-order valence-electron chi connectivity index (χ4n) is 22.6. The van der Waals surface area contributed by atoms with E-state index in [1.54, 1.807) is 0 Å². The molecular weight excluding hydrogens is 1510 g/mol. The Balaban J connectivity index is 1.20. The third-order valence-corrected chi connectivity index (χ3v) is 26.7. The Kier molecular flexibility index (Phi) is 38.1. The van der Waals surface area contributed by atoms with Gasteiger partial charge < -0.3 is 70.7 Å². The molecule has 0 bridgehead atoms. The van der Waals surface area contributed by atoms with Crippen molar-refractivity contribution in [2.75, 3.05) is 130 Å². The van der Waals surface area contributed by atoms with Crippen LogP contribution < -0.4 is 70.7 Å². The molecule has 0 saturated carbocycles. The average Bonchev–Trinajstić information content (AvgIpc) is 0.766. The Morgan fingerprint density at radius 3 is 0.541 bits per heavy atom. The maximum Gasteiger partial charge on any atom is 0.232 e. The Hall–Kier alpha value is -4.97. The van der Waals surface area contributed by atoms with Crippen LogP contribution >= 0.6 is 0 Å². The number of rotatable bonds is 52. The number of aromatic nitrogens is 9. The normalized spacial score (nSPS) is 20.5. The summed E-state index contributed by atoms with van der Waals surface area (Å²) in [4.78, 5) is 74.6. The minimum absolute atomic E-state index is 0.0634. The van der Waals surface area contributed by atoms with Crippen molar-refractivity contribution in [1.82, 2.24) is 71.4 Å². The van der Waals surface area contributed by atoms with Gasteiger partial charge in [0.25, 0.3) is 0 Å². The summed E-state index contributed by atoms with van der Waals surface area (Å²) in [6, 6.07) is 1.11. The predicted molar refractivity (Wildman–Crippen MR) is 524 cm³/mol. The second kappa shape index (κ2) is 45.3. The van der Waals surface area contributed by atoms with E-state index in [0.29, 0.717) is 0 Å². The zero-order valence-electron chi connectivity index (χ0n) is 84.5. The number of piperidine rings is 5. The molecule has 0 unspecified atom stereocenters. The number of unbranched alkanes of at least 4 members (excludes halogenated alkanes) is 14. The van der Waals surface area contributed by atoms with Crippen LogP contribution in [0.2, 0.25) is 0 Å². The summed E-state index contributed by atoms with van der Waals surface area (Å²) in [6.07, 6.45) is 36.1. The summed E-state index contributed by atoms with van der Waals surface area (Å²) in [5.74, 6) is 7.58. The van der Waals surface area contributed by atoms with Gasteiger partial charge in [0.2, 0.25) is 53.5 Å². The van der Waals surface area contributed by atoms with Crippen molar-refractivity contribution in [3.05, 3.63) is 0 Å². The van der Waals surface area contributed by atoms with Gasteiger partial charge in [0.15, 0.2) is 0 Å². The van der Waals surface area contributed by atoms with E-state index in [1.165, 1.54) is 0 Å². The highest BCUT2D eigenvalue weighted by molar-refractivity contribution is 5.52. The lowest BCUT2D eigenvalue weighted by atomic mass is 9.79. The molecule has 3 aromatic heterocycles. The highest BCUT2D eigenvalue weighted by Gasteiger charge is 2.48. The molecule has 0 radical (unpaired) electrons. The van der Waals surface area contributed by atoms with E-state index in [9.17, 15) is 0 Å². The van der Waals surface area contributed by atoms with Crippen molar-refractivity contribution in [1.29, 1.82) is 0 Å². The molecule has 8 rings (SSSR count). The van der Waals surface area contributed by atoms with Crippen molar-refractivity contribution in [3.63, 3.8) is 0 Å². The first-order valence-corrected chi connectivity index (χ1v) is 50.3. The van der Waals surface area contributed by atoms with E-state index >= 15 is 0 Å². The SMILES string of the molecule is CCCCN(C)c1nc(N(CCCC)CCCC)nc(N(CCCCCCN(c2nc(N(CCCC)C3CC(C)(C)NC(C)(C)C3)nc(N(CCCCCCN(c3nc(N(CCCC)CCCC)nc(N(CCCC)CCCC)n3)C3CC(C)(C)NC(C)(C)C3)C3CC(C)(C)NC(C)(C)C3)n2)C2CC(C)(C)NC(C)(C)C2)C2CC(C)(C)NC(C)(C)C2)n1. The van der Waals surface area contributed by atoms with E-state index in [-0.39, 0.29) is 85.6 Å². The van der Waals surface area contributed by atoms with Crippen molar-refractivity contribution < 1.29 is 0 Å². The molecule has 0 aliphatic carbocycles. The van der Waals surface area contributed by atoms with Gasteiger partial charge in [-0.2, -0.15) is 44.9 Å². The molecule has 0 atom stereocenters. The lowest BCUT2D eigenvalue weighted by Gasteiger charge is -2.51. The highest BCUT2D eigenvalue weighted by atomic mass is 15.4. The molecule has 5 aliphatic rings. The summed E-state index contributed by atoms with van der Waals surface area (Å²) in [7, 11) is 2.18. The van der Waals surface area contributed by atoms with Crippen LogP contribution in [0.1, 0.15) is 412 Å². The Morgan fingerprint density at radius 1 is 0.197 bits per heavy atom. The average molecular weight is 1700 g/mol. The van der Waals surface area contributed by atoms with Crippen LogP contribution in [0.5, 0.6) is 0 Å². The third-order valence-electron chi connectivity index (χ3n) is 26.7. The summed E-state index contributed by atoms with van der Waals surface area (Å²) >= 11 is 0. The van der Waals surface area contributed by atoms with Crippen molar-refractivity contribution in [2.45, 2.75) is 498 Å². The lowest BCUT2D eigenvalue weighted by molar-refractivity contribution is 0.155. The largest absolute Gasteiger partial charge is 0.344 e. The van der Waals surface area contributed by atoms with Crippen molar-refractivity contribution >= 4 is 53.5 Å². The van der Waals surface area contributed by atoms with Crippen LogP contribution in [0.3, 0.4) is 0 Å². The van der Waals surface area contributed by atoms with E-state index in [4.69, 9.17) is 44.9 Å². The number of nitrogens with zero attached hydrogens (tertiary/aromatic N) is 18. The second-order valence-corrected chi connectivity index (χ2v) is 45.5. The van der Waals surface area contributed by atoms with Gasteiger partial charge >= 0.3 is 0 Å². The molecule has 8 heterocycles. The van der Waals surface area contributed by atoms with Crippen LogP contribution in [-0.2, 0) is 0 Å². The summed E-state index contributed by atoms with van der Waals surface area (Å²) in [5, 5.41) is 20.4. The minimum atomic E-state index is -0.118. The number of hydrogen-bond acceptors (Lipinski definition) is 23. The summed E-state index contributed by atoms with van der Waals surface area (Å²) in [5.41, 5.74) is -0.901. The lowest BCUT2D eigenvalue weighted by Crippen LogP contribution is -2.63. The van der Waals surface area contributed by atoms with E-state index in [0.717, 1.165) is 350 Å². The molecule has 5 saturated heterocycles. The Morgan fingerprint density at radius 2 is 0.344 bits per heavy atom. The van der Waals surface area contributed by atoms with Crippen LogP contribution in [0.15, 0.2) is 0 Å². The van der Waals surface area contributed by atoms with E-state index in [1.807, 2.05) is 0 Å². The van der Waals surface area contributed by atoms with Crippen LogP contribution in [0.25, 0.3) is 0 Å². The molecule has 5 N–H and O–H groups in total. The maximum absolute atomic E-state index is 6.10. The third kappa shape index (κ3) is 31.8. The second-order valence-electron chi connectivity index (χ2n) is 45.5. The van der Waals surface area contributed by atoms with Gasteiger partial charge in [-0.25, -0.2) is 0 Å². The van der Waals surface area contributed by atoms with Crippen molar-refractivity contribution in [3.8, 4) is 0 Å². The van der Waals surface area contributed by atoms with Gasteiger partial charge in [-0.3, -0.25) is 0 Å². The zero-order chi connectivity index (χ0) is 89.7. The topological polar surface area (TPSA) is 205 Å². The first-order valence-electron chi connectivity index (χ1n) is 50.3. The van der Waals surface area contributed by atoms with Gasteiger partial charge in [0, 0.05) is 171 Å². The fraction of sp³-hybridized carbons (Fsp3) is 0.909. The van der Waals surface area contributed by atoms with Gasteiger partial charge in [-0.15, -0.1) is 0 Å². The fourth-order valence-corrected chi connectivity index (χ4v) is 22.6. The minimum Gasteiger partial charge on any atom is -0.344 e. The summed E-state index contributed by atoms with van der Waals surface area (Å²) < 4.78 is 0. The Labute approximate surface area is 748 Å². The number of nitrogens with one attached hydrogen (secondary N) is 5. The smallest absolute Gasteiger partial charge is 0.232 e. The molecule has 0 aromatic carbocycles. The quantitative estimate of drug-likeness (QED) is 0.0333. The molecule has 0 spiro atoms. The van der Waals surface area contributed by atoms with Gasteiger partial charge in [0.1, 0.15) is 0 Å². The number of hydrogen-bond donors (Lipinski definition) is 5. The van der Waals surface area contributed by atoms with Crippen LogP contribution in [0, 0.1) is 0 Å². The molecule has 23 heteroatoms. The Bertz CT molecular complexity index is 3390. The molecule has 5 fully saturated rings. The molecular formula is C99H189N23. The standard InChI is InChI=1S/C99H189N23/c1-30-38-54-114(29)81-100-82(115(55-39-31-2)56-40-32-3)103-85(101-81)119(77-68-92(13,14)110-93(15,16)69-77)62-50-46-48-52-64-121(79-72-96(21,22)112-97(23,24)73-79)88-106-87(118(61-45-37-8)76-66-90(9,10)109-91(11,12)67-76)107-89(108-88)122(80-74-98(25,26)113-99(27,28)75-80)65-53-49-47-51-63-120(78-70-94(17,18)111-95(19,20)71-78)86-104-83(116(57-41-33-4)58-42-34-5)102-84(105-86)117(59-43-35-6)60-44-36-7/h76-80,109-113H,30-75H2,1-29H3. The van der Waals surface area contributed by atoms with Gasteiger partial charge in [0.05, 0.1) is 0 Å². The first kappa shape index (κ1) is 102. The highest BCUT2D eigenvalue weighted by Crippen LogP contribution is 2.42.